The Kier molecular flexibility index (Phi) is 2.62. The number of fused-ring (bicyclic) bond motifs is 6. The van der Waals surface area contributed by atoms with E-state index in [0.29, 0.717) is 6.04 Å². The maximum atomic E-state index is 2.47. The first kappa shape index (κ1) is 13.1. The van der Waals surface area contributed by atoms with E-state index in [2.05, 4.69) is 79.1 Å². The third kappa shape index (κ3) is 1.73. The molecule has 2 heteroatoms. The molecular formula is C21H17NS. The molecule has 5 rings (SSSR count). The maximum Gasteiger partial charge on any atom is 0.0501 e. The van der Waals surface area contributed by atoms with Crippen LogP contribution in [0.5, 0.6) is 0 Å². The molecule has 0 bridgehead atoms. The number of para-hydroxylation sites is 1. The number of thiophene rings is 1. The lowest BCUT2D eigenvalue weighted by molar-refractivity contribution is 0.642. The Labute approximate surface area is 138 Å². The largest absolute Gasteiger partial charge is 0.338 e. The summed E-state index contributed by atoms with van der Waals surface area (Å²) >= 11 is 1.89. The van der Waals surface area contributed by atoms with Gasteiger partial charge in [-0.2, -0.15) is 0 Å². The van der Waals surface area contributed by atoms with Crippen LogP contribution < -0.4 is 0 Å². The minimum atomic E-state index is 0.444. The van der Waals surface area contributed by atoms with Gasteiger partial charge in [0, 0.05) is 42.5 Å². The fourth-order valence-corrected chi connectivity index (χ4v) is 4.90. The third-order valence-corrected chi connectivity index (χ3v) is 5.86. The Morgan fingerprint density at radius 1 is 0.696 bits per heavy atom. The second-order valence-corrected chi connectivity index (χ2v) is 7.53. The SMILES string of the molecule is CC(C)n1c2ccccc2c2cc3sc4ccccc4c3cc21. The number of rotatable bonds is 1. The van der Waals surface area contributed by atoms with Crippen molar-refractivity contribution in [3.05, 3.63) is 60.7 Å². The first-order chi connectivity index (χ1) is 11.2. The molecule has 23 heavy (non-hydrogen) atoms. The Bertz CT molecular complexity index is 1190. The van der Waals surface area contributed by atoms with Gasteiger partial charge in [0.25, 0.3) is 0 Å². The van der Waals surface area contributed by atoms with Gasteiger partial charge in [0.1, 0.15) is 0 Å². The highest BCUT2D eigenvalue weighted by Gasteiger charge is 2.15. The predicted octanol–water partition coefficient (Wildman–Crippen LogP) is 6.74. The molecule has 0 unspecified atom stereocenters. The summed E-state index contributed by atoms with van der Waals surface area (Å²) in [4.78, 5) is 0. The Morgan fingerprint density at radius 2 is 1.43 bits per heavy atom. The van der Waals surface area contributed by atoms with Gasteiger partial charge >= 0.3 is 0 Å². The zero-order chi connectivity index (χ0) is 15.6. The summed E-state index contributed by atoms with van der Waals surface area (Å²) in [6, 6.07) is 22.7. The molecular weight excluding hydrogens is 298 g/mol. The van der Waals surface area contributed by atoms with Crippen LogP contribution in [0.25, 0.3) is 42.0 Å². The zero-order valence-corrected chi connectivity index (χ0v) is 14.0. The highest BCUT2D eigenvalue weighted by molar-refractivity contribution is 7.25. The minimum Gasteiger partial charge on any atom is -0.338 e. The molecule has 0 N–H and O–H groups in total. The highest BCUT2D eigenvalue weighted by Crippen LogP contribution is 2.40. The second kappa shape index (κ2) is 4.59. The van der Waals surface area contributed by atoms with Crippen LogP contribution in [0.4, 0.5) is 0 Å². The van der Waals surface area contributed by atoms with Crippen molar-refractivity contribution in [2.24, 2.45) is 0 Å². The molecule has 0 spiro atoms. The van der Waals surface area contributed by atoms with Crippen molar-refractivity contribution in [1.82, 2.24) is 4.57 Å². The molecule has 1 nitrogen and oxygen atoms in total. The molecule has 3 aromatic carbocycles. The topological polar surface area (TPSA) is 4.93 Å². The number of benzene rings is 3. The molecule has 0 amide bonds. The van der Waals surface area contributed by atoms with E-state index < -0.39 is 0 Å². The van der Waals surface area contributed by atoms with E-state index in [0.717, 1.165) is 0 Å². The lowest BCUT2D eigenvalue weighted by Gasteiger charge is -2.11. The molecule has 0 radical (unpaired) electrons. The molecule has 0 atom stereocenters. The lowest BCUT2D eigenvalue weighted by atomic mass is 10.1. The quantitative estimate of drug-likeness (QED) is 0.323. The van der Waals surface area contributed by atoms with Crippen LogP contribution in [0.15, 0.2) is 60.7 Å². The van der Waals surface area contributed by atoms with Crippen molar-refractivity contribution >= 4 is 53.3 Å². The minimum absolute atomic E-state index is 0.444. The van der Waals surface area contributed by atoms with Crippen LogP contribution in [0.2, 0.25) is 0 Å². The monoisotopic (exact) mass is 315 g/mol. The molecule has 0 aliphatic rings. The van der Waals surface area contributed by atoms with E-state index in [4.69, 9.17) is 0 Å². The van der Waals surface area contributed by atoms with Crippen molar-refractivity contribution in [2.45, 2.75) is 19.9 Å². The van der Waals surface area contributed by atoms with Crippen LogP contribution in [-0.2, 0) is 0 Å². The first-order valence-corrected chi connectivity index (χ1v) is 8.89. The normalized spacial score (nSPS) is 12.3. The average molecular weight is 315 g/mol. The van der Waals surface area contributed by atoms with Crippen molar-refractivity contribution in [3.8, 4) is 0 Å². The number of nitrogens with zero attached hydrogens (tertiary/aromatic N) is 1. The van der Waals surface area contributed by atoms with Crippen molar-refractivity contribution in [2.75, 3.05) is 0 Å². The van der Waals surface area contributed by atoms with Gasteiger partial charge in [-0.25, -0.2) is 0 Å². The van der Waals surface area contributed by atoms with E-state index in [1.54, 1.807) is 0 Å². The highest BCUT2D eigenvalue weighted by atomic mass is 32.1. The van der Waals surface area contributed by atoms with Crippen molar-refractivity contribution in [1.29, 1.82) is 0 Å². The smallest absolute Gasteiger partial charge is 0.0501 e. The number of aromatic nitrogens is 1. The molecule has 0 saturated carbocycles. The van der Waals surface area contributed by atoms with Crippen LogP contribution >= 0.6 is 11.3 Å². The fourth-order valence-electron chi connectivity index (χ4n) is 3.77. The Balaban J connectivity index is 2.05. The summed E-state index contributed by atoms with van der Waals surface area (Å²) in [6.07, 6.45) is 0. The molecule has 0 aliphatic heterocycles. The zero-order valence-electron chi connectivity index (χ0n) is 13.2. The van der Waals surface area contributed by atoms with Gasteiger partial charge in [0.05, 0.1) is 5.52 Å². The summed E-state index contributed by atoms with van der Waals surface area (Å²) in [5, 5.41) is 5.47. The third-order valence-electron chi connectivity index (χ3n) is 4.72. The van der Waals surface area contributed by atoms with Gasteiger partial charge in [-0.3, -0.25) is 0 Å². The number of hydrogen-bond donors (Lipinski definition) is 0. The summed E-state index contributed by atoms with van der Waals surface area (Å²) < 4.78 is 5.22. The van der Waals surface area contributed by atoms with Gasteiger partial charge in [0.15, 0.2) is 0 Å². The van der Waals surface area contributed by atoms with Gasteiger partial charge in [-0.05, 0) is 38.1 Å². The summed E-state index contributed by atoms with van der Waals surface area (Å²) in [5.74, 6) is 0. The van der Waals surface area contributed by atoms with E-state index >= 15 is 0 Å². The molecule has 2 aromatic heterocycles. The summed E-state index contributed by atoms with van der Waals surface area (Å²) in [7, 11) is 0. The Morgan fingerprint density at radius 3 is 2.26 bits per heavy atom. The van der Waals surface area contributed by atoms with E-state index in [1.165, 1.54) is 42.0 Å². The molecule has 2 heterocycles. The van der Waals surface area contributed by atoms with Crippen molar-refractivity contribution < 1.29 is 0 Å². The van der Waals surface area contributed by atoms with E-state index in [9.17, 15) is 0 Å². The standard InChI is InChI=1S/C21H17NS/c1-13(2)22-18-9-5-3-7-14(18)16-12-21-17(11-19(16)22)15-8-4-6-10-20(15)23-21/h3-13H,1-2H3. The summed E-state index contributed by atoms with van der Waals surface area (Å²) in [6.45, 7) is 4.53. The molecule has 0 fully saturated rings. The van der Waals surface area contributed by atoms with Gasteiger partial charge in [-0.15, -0.1) is 11.3 Å². The van der Waals surface area contributed by atoms with Gasteiger partial charge in [-0.1, -0.05) is 36.4 Å². The molecule has 112 valence electrons. The van der Waals surface area contributed by atoms with Gasteiger partial charge < -0.3 is 4.57 Å². The Hall–Kier alpha value is -2.32. The fraction of sp³-hybridized carbons (Fsp3) is 0.143. The molecule has 0 saturated heterocycles. The van der Waals surface area contributed by atoms with Crippen molar-refractivity contribution in [3.63, 3.8) is 0 Å². The van der Waals surface area contributed by atoms with Crippen LogP contribution in [0.1, 0.15) is 19.9 Å². The summed E-state index contributed by atoms with van der Waals surface area (Å²) in [5.41, 5.74) is 2.68. The van der Waals surface area contributed by atoms with Crippen LogP contribution in [0.3, 0.4) is 0 Å². The lowest BCUT2D eigenvalue weighted by Crippen LogP contribution is -1.99. The van der Waals surface area contributed by atoms with Crippen LogP contribution in [-0.4, -0.2) is 4.57 Å². The van der Waals surface area contributed by atoms with Gasteiger partial charge in [0.2, 0.25) is 0 Å². The van der Waals surface area contributed by atoms with E-state index in [1.807, 2.05) is 11.3 Å². The number of hydrogen-bond acceptors (Lipinski definition) is 1. The second-order valence-electron chi connectivity index (χ2n) is 6.44. The van der Waals surface area contributed by atoms with Crippen LogP contribution in [0, 0.1) is 0 Å². The molecule has 5 aromatic rings. The maximum absolute atomic E-state index is 2.47. The predicted molar refractivity (Wildman–Crippen MR) is 103 cm³/mol. The molecule has 0 aliphatic carbocycles. The van der Waals surface area contributed by atoms with E-state index in [-0.39, 0.29) is 0 Å². The average Bonchev–Trinajstić information content (AvgIpc) is 3.08. The first-order valence-electron chi connectivity index (χ1n) is 8.08.